The number of aromatic nitrogens is 2. The van der Waals surface area contributed by atoms with Crippen LogP contribution < -0.4 is 5.32 Å². The molecule has 1 aromatic rings. The summed E-state index contributed by atoms with van der Waals surface area (Å²) in [5, 5.41) is 3.45. The lowest BCUT2D eigenvalue weighted by Gasteiger charge is -2.20. The van der Waals surface area contributed by atoms with E-state index in [4.69, 9.17) is 0 Å². The molecule has 21 heavy (non-hydrogen) atoms. The SMILES string of the molecule is CCN(CC)CCCC(C)Nc1nc(C)cc(C(C)C)n1. The van der Waals surface area contributed by atoms with Crippen molar-refractivity contribution in [1.29, 1.82) is 0 Å². The number of hydrogen-bond acceptors (Lipinski definition) is 4. The number of hydrogen-bond donors (Lipinski definition) is 1. The van der Waals surface area contributed by atoms with Gasteiger partial charge in [0.1, 0.15) is 0 Å². The highest BCUT2D eigenvalue weighted by Crippen LogP contribution is 2.15. The maximum Gasteiger partial charge on any atom is 0.223 e. The quantitative estimate of drug-likeness (QED) is 0.751. The van der Waals surface area contributed by atoms with E-state index in [1.807, 2.05) is 6.92 Å². The second-order valence-corrected chi connectivity index (χ2v) is 6.13. The van der Waals surface area contributed by atoms with E-state index in [1.54, 1.807) is 0 Å². The van der Waals surface area contributed by atoms with Crippen LogP contribution in [-0.4, -0.2) is 40.5 Å². The minimum Gasteiger partial charge on any atom is -0.352 e. The van der Waals surface area contributed by atoms with Crippen LogP contribution in [0.1, 0.15) is 64.8 Å². The minimum absolute atomic E-state index is 0.405. The van der Waals surface area contributed by atoms with Crippen molar-refractivity contribution < 1.29 is 0 Å². The van der Waals surface area contributed by atoms with Gasteiger partial charge in [-0.2, -0.15) is 0 Å². The van der Waals surface area contributed by atoms with Crippen molar-refractivity contribution >= 4 is 5.95 Å². The Bertz CT molecular complexity index is 413. The summed E-state index contributed by atoms with van der Waals surface area (Å²) in [5.41, 5.74) is 2.15. The number of anilines is 1. The Kier molecular flexibility index (Phi) is 7.65. The van der Waals surface area contributed by atoms with Gasteiger partial charge in [0.2, 0.25) is 5.95 Å². The van der Waals surface area contributed by atoms with Crippen LogP contribution in [0.3, 0.4) is 0 Å². The molecule has 4 heteroatoms. The van der Waals surface area contributed by atoms with Crippen LogP contribution in [0.15, 0.2) is 6.07 Å². The molecule has 1 atom stereocenters. The van der Waals surface area contributed by atoms with Gasteiger partial charge in [-0.25, -0.2) is 9.97 Å². The largest absolute Gasteiger partial charge is 0.352 e. The normalized spacial score (nSPS) is 13.0. The van der Waals surface area contributed by atoms with E-state index in [1.165, 1.54) is 13.0 Å². The van der Waals surface area contributed by atoms with Gasteiger partial charge in [0.05, 0.1) is 0 Å². The lowest BCUT2D eigenvalue weighted by molar-refractivity contribution is 0.295. The first-order chi connectivity index (χ1) is 9.96. The summed E-state index contributed by atoms with van der Waals surface area (Å²) in [7, 11) is 0. The van der Waals surface area contributed by atoms with Gasteiger partial charge < -0.3 is 10.2 Å². The predicted molar refractivity (Wildman–Crippen MR) is 91.0 cm³/mol. The van der Waals surface area contributed by atoms with Crippen molar-refractivity contribution in [3.05, 3.63) is 17.5 Å². The zero-order valence-electron chi connectivity index (χ0n) is 14.6. The molecule has 120 valence electrons. The lowest BCUT2D eigenvalue weighted by atomic mass is 10.1. The molecule has 0 amide bonds. The molecule has 1 rings (SSSR count). The van der Waals surface area contributed by atoms with Crippen molar-refractivity contribution in [2.24, 2.45) is 0 Å². The first kappa shape index (κ1) is 17.9. The molecule has 0 radical (unpaired) electrons. The van der Waals surface area contributed by atoms with Crippen molar-refractivity contribution in [2.45, 2.75) is 66.3 Å². The second kappa shape index (κ2) is 8.98. The summed E-state index contributed by atoms with van der Waals surface area (Å²) >= 11 is 0. The standard InChI is InChI=1S/C17H32N4/c1-7-21(8-2)11-9-10-14(5)18-17-19-15(6)12-16(20-17)13(3)4/h12-14H,7-11H2,1-6H3,(H,18,19,20). The Morgan fingerprint density at radius 1 is 1.14 bits per heavy atom. The number of rotatable bonds is 9. The fourth-order valence-corrected chi connectivity index (χ4v) is 2.41. The molecule has 1 aromatic heterocycles. The fraction of sp³-hybridized carbons (Fsp3) is 0.765. The Hall–Kier alpha value is -1.16. The molecule has 0 saturated heterocycles. The van der Waals surface area contributed by atoms with Gasteiger partial charge in [0, 0.05) is 17.4 Å². The Morgan fingerprint density at radius 2 is 1.81 bits per heavy atom. The van der Waals surface area contributed by atoms with E-state index >= 15 is 0 Å². The zero-order valence-corrected chi connectivity index (χ0v) is 14.6. The van der Waals surface area contributed by atoms with E-state index < -0.39 is 0 Å². The molecule has 1 unspecified atom stereocenters. The van der Waals surface area contributed by atoms with Crippen molar-refractivity contribution in [2.75, 3.05) is 25.0 Å². The lowest BCUT2D eigenvalue weighted by Crippen LogP contribution is -2.26. The molecular weight excluding hydrogens is 260 g/mol. The number of nitrogens with one attached hydrogen (secondary N) is 1. The molecule has 0 aromatic carbocycles. The first-order valence-corrected chi connectivity index (χ1v) is 8.30. The van der Waals surface area contributed by atoms with Crippen LogP contribution in [0.2, 0.25) is 0 Å². The topological polar surface area (TPSA) is 41.0 Å². The van der Waals surface area contributed by atoms with Gasteiger partial charge in [-0.15, -0.1) is 0 Å². The van der Waals surface area contributed by atoms with Crippen molar-refractivity contribution in [1.82, 2.24) is 14.9 Å². The number of aryl methyl sites for hydroxylation is 1. The summed E-state index contributed by atoms with van der Waals surface area (Å²) in [6.45, 7) is 16.5. The molecule has 0 aliphatic heterocycles. The van der Waals surface area contributed by atoms with Crippen LogP contribution >= 0.6 is 0 Å². The van der Waals surface area contributed by atoms with Gasteiger partial charge >= 0.3 is 0 Å². The third-order valence-corrected chi connectivity index (χ3v) is 3.85. The summed E-state index contributed by atoms with van der Waals surface area (Å²) < 4.78 is 0. The van der Waals surface area contributed by atoms with Gasteiger partial charge in [0.15, 0.2) is 0 Å². The molecular formula is C17H32N4. The summed E-state index contributed by atoms with van der Waals surface area (Å²) in [6.07, 6.45) is 2.35. The van der Waals surface area contributed by atoms with Crippen LogP contribution in [-0.2, 0) is 0 Å². The third kappa shape index (κ3) is 6.42. The van der Waals surface area contributed by atoms with Crippen LogP contribution in [0.5, 0.6) is 0 Å². The molecule has 1 heterocycles. The van der Waals surface area contributed by atoms with Gasteiger partial charge in [-0.3, -0.25) is 0 Å². The zero-order chi connectivity index (χ0) is 15.8. The van der Waals surface area contributed by atoms with Crippen LogP contribution in [0, 0.1) is 6.92 Å². The average Bonchev–Trinajstić information content (AvgIpc) is 2.43. The van der Waals surface area contributed by atoms with Crippen LogP contribution in [0.25, 0.3) is 0 Å². The Balaban J connectivity index is 2.49. The molecule has 1 N–H and O–H groups in total. The maximum atomic E-state index is 4.62. The summed E-state index contributed by atoms with van der Waals surface area (Å²) in [5.74, 6) is 1.21. The maximum absolute atomic E-state index is 4.62. The van der Waals surface area contributed by atoms with E-state index in [2.05, 4.69) is 60.9 Å². The van der Waals surface area contributed by atoms with Crippen molar-refractivity contribution in [3.8, 4) is 0 Å². The highest BCUT2D eigenvalue weighted by atomic mass is 15.1. The fourth-order valence-electron chi connectivity index (χ4n) is 2.41. The smallest absolute Gasteiger partial charge is 0.223 e. The van der Waals surface area contributed by atoms with Gasteiger partial charge in [0.25, 0.3) is 0 Å². The molecule has 4 nitrogen and oxygen atoms in total. The van der Waals surface area contributed by atoms with E-state index in [0.717, 1.165) is 36.8 Å². The highest BCUT2D eigenvalue weighted by Gasteiger charge is 2.09. The van der Waals surface area contributed by atoms with E-state index in [9.17, 15) is 0 Å². The van der Waals surface area contributed by atoms with Gasteiger partial charge in [-0.05, 0) is 58.3 Å². The molecule has 0 saturated carbocycles. The van der Waals surface area contributed by atoms with E-state index in [-0.39, 0.29) is 0 Å². The molecule has 0 aliphatic rings. The highest BCUT2D eigenvalue weighted by molar-refractivity contribution is 5.30. The Labute approximate surface area is 130 Å². The monoisotopic (exact) mass is 292 g/mol. The predicted octanol–water partition coefficient (Wildman–Crippen LogP) is 3.83. The Morgan fingerprint density at radius 3 is 2.38 bits per heavy atom. The summed E-state index contributed by atoms with van der Waals surface area (Å²) in [4.78, 5) is 11.6. The number of nitrogens with zero attached hydrogens (tertiary/aromatic N) is 3. The van der Waals surface area contributed by atoms with Crippen molar-refractivity contribution in [3.63, 3.8) is 0 Å². The molecule has 0 aliphatic carbocycles. The summed E-state index contributed by atoms with van der Waals surface area (Å²) in [6, 6.07) is 2.48. The third-order valence-electron chi connectivity index (χ3n) is 3.85. The second-order valence-electron chi connectivity index (χ2n) is 6.13. The minimum atomic E-state index is 0.405. The first-order valence-electron chi connectivity index (χ1n) is 8.30. The molecule has 0 bridgehead atoms. The molecule has 0 fully saturated rings. The molecule has 0 spiro atoms. The van der Waals surface area contributed by atoms with E-state index in [0.29, 0.717) is 12.0 Å². The van der Waals surface area contributed by atoms with Crippen LogP contribution in [0.4, 0.5) is 5.95 Å². The van der Waals surface area contributed by atoms with Gasteiger partial charge in [-0.1, -0.05) is 27.7 Å². The average molecular weight is 292 g/mol.